The third-order valence-corrected chi connectivity index (χ3v) is 6.96. The number of furan rings is 1. The van der Waals surface area contributed by atoms with Crippen LogP contribution in [0.25, 0.3) is 10.6 Å². The second-order valence-electron chi connectivity index (χ2n) is 5.98. The first-order chi connectivity index (χ1) is 11.5. The van der Waals surface area contributed by atoms with Crippen LogP contribution in [0.15, 0.2) is 34.1 Å². The first-order valence-electron chi connectivity index (χ1n) is 8.11. The fourth-order valence-corrected chi connectivity index (χ4v) is 5.51. The summed E-state index contributed by atoms with van der Waals surface area (Å²) in [6.07, 6.45) is 1.41. The number of carbonyl (C=O) groups is 1. The van der Waals surface area contributed by atoms with Crippen molar-refractivity contribution in [2.24, 2.45) is 0 Å². The molecule has 2 aromatic heterocycles. The topological polar surface area (TPSA) is 67.6 Å². The smallest absolute Gasteiger partial charge is 0.223 e. The van der Waals surface area contributed by atoms with Crippen molar-refractivity contribution in [3.05, 3.63) is 35.4 Å². The summed E-state index contributed by atoms with van der Waals surface area (Å²) in [5.41, 5.74) is 0. The summed E-state index contributed by atoms with van der Waals surface area (Å²) in [6, 6.07) is 7.62. The average molecular weight is 367 g/mol. The van der Waals surface area contributed by atoms with Gasteiger partial charge >= 0.3 is 0 Å². The molecular formula is C17H21NO4S2. The molecule has 3 rings (SSSR count). The SMILES string of the molecule is CCN(C(=O)CCc1ccc(-c2cccs2)o1)C1CCS(=O)(=O)C1. The maximum Gasteiger partial charge on any atom is 0.223 e. The fourth-order valence-electron chi connectivity index (χ4n) is 3.10. The van der Waals surface area contributed by atoms with Gasteiger partial charge in [-0.2, -0.15) is 0 Å². The third-order valence-electron chi connectivity index (χ3n) is 4.32. The van der Waals surface area contributed by atoms with Crippen molar-refractivity contribution < 1.29 is 17.6 Å². The second-order valence-corrected chi connectivity index (χ2v) is 9.16. The van der Waals surface area contributed by atoms with Crippen LogP contribution in [0.4, 0.5) is 0 Å². The Kier molecular flexibility index (Phi) is 5.10. The lowest BCUT2D eigenvalue weighted by Gasteiger charge is -2.26. The minimum absolute atomic E-state index is 0.00586. The summed E-state index contributed by atoms with van der Waals surface area (Å²) >= 11 is 1.61. The van der Waals surface area contributed by atoms with Crippen LogP contribution < -0.4 is 0 Å². The number of rotatable bonds is 6. The number of carbonyl (C=O) groups excluding carboxylic acids is 1. The normalized spacial score (nSPS) is 19.5. The van der Waals surface area contributed by atoms with Gasteiger partial charge in [0.15, 0.2) is 9.84 Å². The van der Waals surface area contributed by atoms with E-state index in [9.17, 15) is 13.2 Å². The highest BCUT2D eigenvalue weighted by Crippen LogP contribution is 2.27. The van der Waals surface area contributed by atoms with Crippen LogP contribution in [0.3, 0.4) is 0 Å². The summed E-state index contributed by atoms with van der Waals surface area (Å²) in [6.45, 7) is 2.43. The van der Waals surface area contributed by atoms with Crippen molar-refractivity contribution in [2.75, 3.05) is 18.1 Å². The lowest BCUT2D eigenvalue weighted by Crippen LogP contribution is -2.41. The van der Waals surface area contributed by atoms with Crippen LogP contribution in [-0.2, 0) is 21.1 Å². The van der Waals surface area contributed by atoms with Gasteiger partial charge in [0.05, 0.1) is 16.4 Å². The fraction of sp³-hybridized carbons (Fsp3) is 0.471. The average Bonchev–Trinajstić information content (AvgIpc) is 3.26. The van der Waals surface area contributed by atoms with Crippen LogP contribution in [0.1, 0.15) is 25.5 Å². The Balaban J connectivity index is 1.58. The Hall–Kier alpha value is -1.60. The van der Waals surface area contributed by atoms with Gasteiger partial charge in [-0.15, -0.1) is 11.3 Å². The van der Waals surface area contributed by atoms with E-state index < -0.39 is 9.84 Å². The van der Waals surface area contributed by atoms with Crippen molar-refractivity contribution in [1.29, 1.82) is 0 Å². The van der Waals surface area contributed by atoms with Gasteiger partial charge in [-0.25, -0.2) is 8.42 Å². The van der Waals surface area contributed by atoms with E-state index in [-0.39, 0.29) is 23.5 Å². The zero-order valence-corrected chi connectivity index (χ0v) is 15.2. The first-order valence-corrected chi connectivity index (χ1v) is 10.8. The van der Waals surface area contributed by atoms with Gasteiger partial charge in [-0.1, -0.05) is 6.07 Å². The maximum atomic E-state index is 12.5. The molecule has 7 heteroatoms. The number of nitrogens with zero attached hydrogens (tertiary/aromatic N) is 1. The molecule has 24 heavy (non-hydrogen) atoms. The van der Waals surface area contributed by atoms with E-state index in [0.29, 0.717) is 25.8 Å². The van der Waals surface area contributed by atoms with Crippen LogP contribution in [0, 0.1) is 0 Å². The highest BCUT2D eigenvalue weighted by atomic mass is 32.2. The van der Waals surface area contributed by atoms with Gasteiger partial charge in [0.25, 0.3) is 0 Å². The van der Waals surface area contributed by atoms with Gasteiger partial charge < -0.3 is 9.32 Å². The molecule has 0 saturated carbocycles. The molecule has 1 fully saturated rings. The number of sulfone groups is 1. The molecule has 1 amide bonds. The minimum Gasteiger partial charge on any atom is -0.460 e. The summed E-state index contributed by atoms with van der Waals surface area (Å²) in [7, 11) is -2.98. The lowest BCUT2D eigenvalue weighted by atomic mass is 10.1. The monoisotopic (exact) mass is 367 g/mol. The molecule has 3 heterocycles. The van der Waals surface area contributed by atoms with E-state index in [1.165, 1.54) is 0 Å². The Morgan fingerprint density at radius 1 is 1.38 bits per heavy atom. The molecule has 1 saturated heterocycles. The molecule has 0 aromatic carbocycles. The zero-order chi connectivity index (χ0) is 17.2. The highest BCUT2D eigenvalue weighted by molar-refractivity contribution is 7.91. The molecule has 1 atom stereocenters. The Bertz CT molecular complexity index is 792. The molecule has 0 aliphatic carbocycles. The molecule has 0 N–H and O–H groups in total. The third kappa shape index (κ3) is 3.89. The van der Waals surface area contributed by atoms with Crippen molar-refractivity contribution in [3.8, 4) is 10.6 Å². The van der Waals surface area contributed by atoms with E-state index in [4.69, 9.17) is 4.42 Å². The number of thiophene rings is 1. The molecule has 130 valence electrons. The highest BCUT2D eigenvalue weighted by Gasteiger charge is 2.33. The van der Waals surface area contributed by atoms with Gasteiger partial charge in [0.1, 0.15) is 11.5 Å². The van der Waals surface area contributed by atoms with Crippen molar-refractivity contribution >= 4 is 27.1 Å². The summed E-state index contributed by atoms with van der Waals surface area (Å²) in [5, 5.41) is 2.00. The van der Waals surface area contributed by atoms with Gasteiger partial charge in [0, 0.05) is 25.4 Å². The van der Waals surface area contributed by atoms with Gasteiger partial charge in [0.2, 0.25) is 5.91 Å². The molecule has 1 aliphatic rings. The largest absolute Gasteiger partial charge is 0.460 e. The Labute approximate surface area is 146 Å². The van der Waals surface area contributed by atoms with Gasteiger partial charge in [-0.05, 0) is 36.9 Å². The number of hydrogen-bond acceptors (Lipinski definition) is 5. The Morgan fingerprint density at radius 2 is 2.21 bits per heavy atom. The second kappa shape index (κ2) is 7.11. The van der Waals surface area contributed by atoms with Crippen LogP contribution >= 0.6 is 11.3 Å². The number of aryl methyl sites for hydroxylation is 1. The van der Waals surface area contributed by atoms with Crippen molar-refractivity contribution in [1.82, 2.24) is 4.90 Å². The quantitative estimate of drug-likeness (QED) is 0.787. The van der Waals surface area contributed by atoms with E-state index in [0.717, 1.165) is 16.4 Å². The summed E-state index contributed by atoms with van der Waals surface area (Å²) in [5.74, 6) is 1.87. The number of hydrogen-bond donors (Lipinski definition) is 0. The standard InChI is InChI=1S/C17H21NO4S2/c1-2-18(13-9-11-24(20,21)12-13)17(19)8-6-14-5-7-15(22-14)16-4-3-10-23-16/h3-5,7,10,13H,2,6,8-9,11-12H2,1H3. The molecular weight excluding hydrogens is 346 g/mol. The van der Waals surface area contributed by atoms with Crippen LogP contribution in [0.5, 0.6) is 0 Å². The minimum atomic E-state index is -2.98. The van der Waals surface area contributed by atoms with Crippen LogP contribution in [0.2, 0.25) is 0 Å². The molecule has 2 aromatic rings. The zero-order valence-electron chi connectivity index (χ0n) is 13.6. The van der Waals surface area contributed by atoms with E-state index >= 15 is 0 Å². The molecule has 0 bridgehead atoms. The first kappa shape index (κ1) is 17.2. The van der Waals surface area contributed by atoms with Gasteiger partial charge in [-0.3, -0.25) is 4.79 Å². The predicted octanol–water partition coefficient (Wildman–Crippen LogP) is 2.98. The molecule has 1 aliphatic heterocycles. The Morgan fingerprint density at radius 3 is 2.83 bits per heavy atom. The van der Waals surface area contributed by atoms with Crippen molar-refractivity contribution in [3.63, 3.8) is 0 Å². The molecule has 0 spiro atoms. The summed E-state index contributed by atoms with van der Waals surface area (Å²) in [4.78, 5) is 15.2. The van der Waals surface area contributed by atoms with E-state index in [1.54, 1.807) is 16.2 Å². The van der Waals surface area contributed by atoms with E-state index in [2.05, 4.69) is 0 Å². The molecule has 0 radical (unpaired) electrons. The summed E-state index contributed by atoms with van der Waals surface area (Å²) < 4.78 is 29.0. The van der Waals surface area contributed by atoms with Crippen LogP contribution in [-0.4, -0.2) is 43.3 Å². The predicted molar refractivity (Wildman–Crippen MR) is 94.8 cm³/mol. The molecule has 5 nitrogen and oxygen atoms in total. The van der Waals surface area contributed by atoms with E-state index in [1.807, 2.05) is 36.6 Å². The maximum absolute atomic E-state index is 12.5. The lowest BCUT2D eigenvalue weighted by molar-refractivity contribution is -0.132. The van der Waals surface area contributed by atoms with Crippen molar-refractivity contribution in [2.45, 2.75) is 32.2 Å². The molecule has 1 unspecified atom stereocenters. The number of amides is 1.